The standard InChI is InChI=1S/C20H24N4O2S2/c1-14(2)11-17(15-7-4-3-5-8-15)22-18(25)13-27-20-24-23-19(28-20)21-12-16-9-6-10-26-16/h3-10,14,17H,11-13H2,1-2H3,(H,21,23)(H,22,25). The van der Waals surface area contributed by atoms with Crippen molar-refractivity contribution in [3.63, 3.8) is 0 Å². The Morgan fingerprint density at radius 2 is 2.00 bits per heavy atom. The van der Waals surface area contributed by atoms with Crippen molar-refractivity contribution >= 4 is 34.1 Å². The van der Waals surface area contributed by atoms with Gasteiger partial charge in [-0.05, 0) is 30.0 Å². The molecule has 28 heavy (non-hydrogen) atoms. The number of carbonyl (C=O) groups excluding carboxylic acids is 1. The van der Waals surface area contributed by atoms with Gasteiger partial charge in [0.2, 0.25) is 11.0 Å². The first-order valence-corrected chi connectivity index (χ1v) is 11.0. The summed E-state index contributed by atoms with van der Waals surface area (Å²) >= 11 is 2.83. The van der Waals surface area contributed by atoms with Gasteiger partial charge in [0.05, 0.1) is 24.6 Å². The number of amides is 1. The molecule has 2 N–H and O–H groups in total. The molecule has 0 spiro atoms. The Balaban J connectivity index is 1.49. The van der Waals surface area contributed by atoms with Gasteiger partial charge in [0.1, 0.15) is 5.76 Å². The van der Waals surface area contributed by atoms with E-state index in [1.165, 1.54) is 23.1 Å². The number of nitrogens with one attached hydrogen (secondary N) is 2. The van der Waals surface area contributed by atoms with Crippen LogP contribution >= 0.6 is 23.1 Å². The van der Waals surface area contributed by atoms with Crippen molar-refractivity contribution in [1.82, 2.24) is 15.5 Å². The number of aromatic nitrogens is 2. The summed E-state index contributed by atoms with van der Waals surface area (Å²) in [6.45, 7) is 4.88. The monoisotopic (exact) mass is 416 g/mol. The van der Waals surface area contributed by atoms with Crippen LogP contribution in [0.4, 0.5) is 5.13 Å². The molecule has 0 saturated heterocycles. The van der Waals surface area contributed by atoms with Gasteiger partial charge in [-0.2, -0.15) is 0 Å². The highest BCUT2D eigenvalue weighted by atomic mass is 32.2. The molecule has 0 aliphatic rings. The minimum absolute atomic E-state index is 0.000187. The Hall–Kier alpha value is -2.32. The molecular weight excluding hydrogens is 392 g/mol. The van der Waals surface area contributed by atoms with Gasteiger partial charge in [-0.3, -0.25) is 4.79 Å². The molecule has 1 aromatic carbocycles. The fraction of sp³-hybridized carbons (Fsp3) is 0.350. The zero-order valence-corrected chi connectivity index (χ0v) is 17.6. The molecule has 6 nitrogen and oxygen atoms in total. The maximum atomic E-state index is 12.5. The number of rotatable bonds is 10. The van der Waals surface area contributed by atoms with Gasteiger partial charge in [-0.25, -0.2) is 0 Å². The summed E-state index contributed by atoms with van der Waals surface area (Å²) in [6.07, 6.45) is 2.54. The highest BCUT2D eigenvalue weighted by molar-refractivity contribution is 8.01. The number of benzene rings is 1. The zero-order chi connectivity index (χ0) is 19.8. The van der Waals surface area contributed by atoms with E-state index in [2.05, 4.69) is 46.8 Å². The summed E-state index contributed by atoms with van der Waals surface area (Å²) in [5.41, 5.74) is 1.13. The van der Waals surface area contributed by atoms with E-state index in [1.807, 2.05) is 30.3 Å². The SMILES string of the molecule is CC(C)CC(NC(=O)CSc1nnc(NCc2ccco2)s1)c1ccccc1. The summed E-state index contributed by atoms with van der Waals surface area (Å²) in [7, 11) is 0. The van der Waals surface area contributed by atoms with Gasteiger partial charge in [-0.1, -0.05) is 67.3 Å². The van der Waals surface area contributed by atoms with E-state index < -0.39 is 0 Å². The highest BCUT2D eigenvalue weighted by Crippen LogP contribution is 2.26. The maximum absolute atomic E-state index is 12.5. The molecule has 1 amide bonds. The van der Waals surface area contributed by atoms with Crippen LogP contribution in [0.2, 0.25) is 0 Å². The second kappa shape index (κ2) is 10.3. The molecule has 2 aromatic heterocycles. The van der Waals surface area contributed by atoms with Crippen molar-refractivity contribution < 1.29 is 9.21 Å². The number of hydrogen-bond donors (Lipinski definition) is 2. The van der Waals surface area contributed by atoms with Crippen LogP contribution in [-0.2, 0) is 11.3 Å². The van der Waals surface area contributed by atoms with Crippen LogP contribution < -0.4 is 10.6 Å². The van der Waals surface area contributed by atoms with Crippen LogP contribution in [-0.4, -0.2) is 21.9 Å². The number of thioether (sulfide) groups is 1. The molecule has 0 saturated carbocycles. The van der Waals surface area contributed by atoms with Crippen LogP contribution in [0.25, 0.3) is 0 Å². The topological polar surface area (TPSA) is 80.0 Å². The quantitative estimate of drug-likeness (QED) is 0.465. The Bertz CT molecular complexity index is 850. The summed E-state index contributed by atoms with van der Waals surface area (Å²) in [5.74, 6) is 1.64. The summed E-state index contributed by atoms with van der Waals surface area (Å²) < 4.78 is 6.04. The van der Waals surface area contributed by atoms with Crippen LogP contribution in [0, 0.1) is 5.92 Å². The molecule has 148 valence electrons. The molecule has 0 bridgehead atoms. The third-order valence-corrected chi connectivity index (χ3v) is 5.99. The van der Waals surface area contributed by atoms with Gasteiger partial charge >= 0.3 is 0 Å². The average molecular weight is 417 g/mol. The maximum Gasteiger partial charge on any atom is 0.230 e. The van der Waals surface area contributed by atoms with Crippen molar-refractivity contribution in [3.8, 4) is 0 Å². The van der Waals surface area contributed by atoms with E-state index in [9.17, 15) is 4.79 Å². The first-order chi connectivity index (χ1) is 13.6. The van der Waals surface area contributed by atoms with Gasteiger partial charge in [0.15, 0.2) is 4.34 Å². The van der Waals surface area contributed by atoms with Gasteiger partial charge < -0.3 is 15.1 Å². The second-order valence-corrected chi connectivity index (χ2v) is 8.96. The normalized spacial score (nSPS) is 12.1. The van der Waals surface area contributed by atoms with Crippen LogP contribution in [0.3, 0.4) is 0 Å². The zero-order valence-electron chi connectivity index (χ0n) is 15.9. The average Bonchev–Trinajstić information content (AvgIpc) is 3.36. The predicted molar refractivity (Wildman–Crippen MR) is 113 cm³/mol. The summed E-state index contributed by atoms with van der Waals surface area (Å²) in [6, 6.07) is 13.9. The van der Waals surface area contributed by atoms with Gasteiger partial charge in [-0.15, -0.1) is 10.2 Å². The molecule has 0 aliphatic heterocycles. The molecule has 3 aromatic rings. The fourth-order valence-corrected chi connectivity index (χ4v) is 4.27. The number of hydrogen-bond acceptors (Lipinski definition) is 7. The third kappa shape index (κ3) is 6.38. The molecule has 1 unspecified atom stereocenters. The minimum Gasteiger partial charge on any atom is -0.467 e. The highest BCUT2D eigenvalue weighted by Gasteiger charge is 2.17. The number of carbonyl (C=O) groups is 1. The predicted octanol–water partition coefficient (Wildman–Crippen LogP) is 4.74. The molecule has 3 rings (SSSR count). The lowest BCUT2D eigenvalue weighted by Gasteiger charge is -2.21. The molecule has 0 fully saturated rings. The van der Waals surface area contributed by atoms with Gasteiger partial charge in [0, 0.05) is 0 Å². The number of anilines is 1. The van der Waals surface area contributed by atoms with Crippen molar-refractivity contribution in [3.05, 3.63) is 60.1 Å². The van der Waals surface area contributed by atoms with E-state index in [-0.39, 0.29) is 11.9 Å². The largest absolute Gasteiger partial charge is 0.467 e. The Morgan fingerprint density at radius 3 is 2.71 bits per heavy atom. The molecule has 0 radical (unpaired) electrons. The lowest BCUT2D eigenvalue weighted by molar-refractivity contribution is -0.119. The van der Waals surface area contributed by atoms with Crippen LogP contribution in [0.5, 0.6) is 0 Å². The van der Waals surface area contributed by atoms with E-state index in [0.29, 0.717) is 23.3 Å². The summed E-state index contributed by atoms with van der Waals surface area (Å²) in [4.78, 5) is 12.5. The van der Waals surface area contributed by atoms with E-state index in [4.69, 9.17) is 4.42 Å². The Labute approximate surface area is 173 Å². The van der Waals surface area contributed by atoms with Crippen LogP contribution in [0.1, 0.15) is 37.6 Å². The van der Waals surface area contributed by atoms with Crippen molar-refractivity contribution in [1.29, 1.82) is 0 Å². The molecule has 2 heterocycles. The van der Waals surface area contributed by atoms with Crippen molar-refractivity contribution in [2.45, 2.75) is 37.2 Å². The van der Waals surface area contributed by atoms with E-state index in [0.717, 1.165) is 22.1 Å². The van der Waals surface area contributed by atoms with Crippen LogP contribution in [0.15, 0.2) is 57.5 Å². The number of nitrogens with zero attached hydrogens (tertiary/aromatic N) is 2. The first kappa shape index (κ1) is 20.4. The second-order valence-electron chi connectivity index (χ2n) is 6.76. The lowest BCUT2D eigenvalue weighted by atomic mass is 9.97. The molecule has 8 heteroatoms. The smallest absolute Gasteiger partial charge is 0.230 e. The molecule has 0 aliphatic carbocycles. The Morgan fingerprint density at radius 1 is 1.18 bits per heavy atom. The molecule has 1 atom stereocenters. The van der Waals surface area contributed by atoms with Crippen molar-refractivity contribution in [2.24, 2.45) is 5.92 Å². The fourth-order valence-electron chi connectivity index (χ4n) is 2.71. The Kier molecular flexibility index (Phi) is 7.50. The molecular formula is C20H24N4O2S2. The third-order valence-electron chi connectivity index (χ3n) is 3.97. The van der Waals surface area contributed by atoms with E-state index in [1.54, 1.807) is 6.26 Å². The summed E-state index contributed by atoms with van der Waals surface area (Å²) in [5, 5.41) is 15.3. The number of furan rings is 1. The lowest BCUT2D eigenvalue weighted by Crippen LogP contribution is -2.30. The van der Waals surface area contributed by atoms with Gasteiger partial charge in [0.25, 0.3) is 0 Å². The van der Waals surface area contributed by atoms with Crippen molar-refractivity contribution in [2.75, 3.05) is 11.1 Å². The minimum atomic E-state index is -0.000187. The first-order valence-electron chi connectivity index (χ1n) is 9.17. The van der Waals surface area contributed by atoms with E-state index >= 15 is 0 Å².